The molecule has 110 valence electrons. The highest BCUT2D eigenvalue weighted by Gasteiger charge is 2.27. The number of hydrogen-bond donors (Lipinski definition) is 3. The molecule has 0 aliphatic rings. The number of nitrogens with two attached hydrogens (primary N) is 1. The summed E-state index contributed by atoms with van der Waals surface area (Å²) in [5.41, 5.74) is 5.42. The van der Waals surface area contributed by atoms with Crippen LogP contribution in [-0.4, -0.2) is 25.4 Å². The molecule has 4 N–H and O–H groups in total. The van der Waals surface area contributed by atoms with Gasteiger partial charge < -0.3 is 16.4 Å². The molecule has 0 aliphatic carbocycles. The summed E-state index contributed by atoms with van der Waals surface area (Å²) in [6.07, 6.45) is 0. The van der Waals surface area contributed by atoms with Gasteiger partial charge in [-0.2, -0.15) is 0 Å². The zero-order valence-corrected chi connectivity index (χ0v) is 13.0. The molecule has 1 aromatic rings. The van der Waals surface area contributed by atoms with Gasteiger partial charge in [0.25, 0.3) is 5.91 Å². The van der Waals surface area contributed by atoms with Crippen molar-refractivity contribution < 1.29 is 9.59 Å². The molecule has 0 heterocycles. The molecule has 0 aliphatic heterocycles. The minimum absolute atomic E-state index is 0.135. The van der Waals surface area contributed by atoms with Crippen LogP contribution in [-0.2, 0) is 4.79 Å². The Morgan fingerprint density at radius 2 is 1.90 bits per heavy atom. The van der Waals surface area contributed by atoms with Crippen LogP contribution in [0.25, 0.3) is 0 Å². The quantitative estimate of drug-likeness (QED) is 0.743. The molecule has 0 aromatic heterocycles. The van der Waals surface area contributed by atoms with Crippen LogP contribution in [0.2, 0.25) is 10.0 Å². The summed E-state index contributed by atoms with van der Waals surface area (Å²) in [5, 5.41) is 5.54. The lowest BCUT2D eigenvalue weighted by atomic mass is 9.92. The first-order chi connectivity index (χ1) is 9.19. The fourth-order valence-electron chi connectivity index (χ4n) is 1.59. The van der Waals surface area contributed by atoms with Gasteiger partial charge in [-0.05, 0) is 26.0 Å². The average Bonchev–Trinajstić information content (AvgIpc) is 2.39. The number of anilines is 1. The minimum Gasteiger partial charge on any atom is -0.399 e. The highest BCUT2D eigenvalue weighted by atomic mass is 35.5. The van der Waals surface area contributed by atoms with Gasteiger partial charge in [0.1, 0.15) is 0 Å². The maximum Gasteiger partial charge on any atom is 0.252 e. The van der Waals surface area contributed by atoms with Crippen molar-refractivity contribution in [2.24, 2.45) is 5.41 Å². The Morgan fingerprint density at radius 3 is 2.45 bits per heavy atom. The number of nitrogen functional groups attached to an aromatic ring is 1. The molecule has 7 heteroatoms. The van der Waals surface area contributed by atoms with E-state index in [4.69, 9.17) is 28.9 Å². The standard InChI is InChI=1S/C13H17Cl2N3O2/c1-13(2,12(20)17-3)6-18-11(19)8-4-7(16)5-9(14)10(8)15/h4-5H,6,16H2,1-3H3,(H,17,20)(H,18,19). The summed E-state index contributed by atoms with van der Waals surface area (Å²) in [6.45, 7) is 3.61. The summed E-state index contributed by atoms with van der Waals surface area (Å²) in [4.78, 5) is 23.7. The third-order valence-corrected chi connectivity index (χ3v) is 3.63. The maximum absolute atomic E-state index is 12.1. The first kappa shape index (κ1) is 16.6. The highest BCUT2D eigenvalue weighted by Crippen LogP contribution is 2.28. The first-order valence-electron chi connectivity index (χ1n) is 5.94. The van der Waals surface area contributed by atoms with Crippen molar-refractivity contribution in [2.75, 3.05) is 19.3 Å². The molecule has 1 rings (SSSR count). The summed E-state index contributed by atoms with van der Waals surface area (Å²) in [7, 11) is 1.54. The molecular formula is C13H17Cl2N3O2. The molecule has 1 aromatic carbocycles. The van der Waals surface area contributed by atoms with Crippen molar-refractivity contribution >= 4 is 40.7 Å². The van der Waals surface area contributed by atoms with Crippen LogP contribution in [0, 0.1) is 5.41 Å². The van der Waals surface area contributed by atoms with E-state index in [0.717, 1.165) is 0 Å². The van der Waals surface area contributed by atoms with Crippen molar-refractivity contribution in [2.45, 2.75) is 13.8 Å². The zero-order valence-electron chi connectivity index (χ0n) is 11.5. The van der Waals surface area contributed by atoms with Crippen molar-refractivity contribution in [3.63, 3.8) is 0 Å². The van der Waals surface area contributed by atoms with E-state index in [9.17, 15) is 9.59 Å². The maximum atomic E-state index is 12.1. The number of benzene rings is 1. The minimum atomic E-state index is -0.735. The number of amides is 2. The highest BCUT2D eigenvalue weighted by molar-refractivity contribution is 6.44. The predicted molar refractivity (Wildman–Crippen MR) is 81.1 cm³/mol. The van der Waals surface area contributed by atoms with E-state index < -0.39 is 11.3 Å². The molecular weight excluding hydrogens is 301 g/mol. The van der Waals surface area contributed by atoms with E-state index in [-0.39, 0.29) is 28.1 Å². The van der Waals surface area contributed by atoms with Gasteiger partial charge in [-0.15, -0.1) is 0 Å². The van der Waals surface area contributed by atoms with Crippen LogP contribution in [0.4, 0.5) is 5.69 Å². The van der Waals surface area contributed by atoms with Gasteiger partial charge in [0.15, 0.2) is 0 Å². The largest absolute Gasteiger partial charge is 0.399 e. The Balaban J connectivity index is 2.86. The van der Waals surface area contributed by atoms with Crippen molar-refractivity contribution in [1.29, 1.82) is 0 Å². The Bertz CT molecular complexity index is 545. The first-order valence-corrected chi connectivity index (χ1v) is 6.69. The number of nitrogens with one attached hydrogen (secondary N) is 2. The normalized spacial score (nSPS) is 11.1. The SMILES string of the molecule is CNC(=O)C(C)(C)CNC(=O)c1cc(N)cc(Cl)c1Cl. The van der Waals surface area contributed by atoms with E-state index in [0.29, 0.717) is 5.69 Å². The Kier molecular flexibility index (Phi) is 5.25. The molecule has 0 bridgehead atoms. The van der Waals surface area contributed by atoms with Crippen LogP contribution >= 0.6 is 23.2 Å². The van der Waals surface area contributed by atoms with Gasteiger partial charge in [-0.25, -0.2) is 0 Å². The van der Waals surface area contributed by atoms with E-state index in [2.05, 4.69) is 10.6 Å². The zero-order chi connectivity index (χ0) is 15.5. The van der Waals surface area contributed by atoms with Gasteiger partial charge >= 0.3 is 0 Å². The topological polar surface area (TPSA) is 84.2 Å². The second-order valence-electron chi connectivity index (χ2n) is 5.01. The number of carbonyl (C=O) groups excluding carboxylic acids is 2. The summed E-state index contributed by atoms with van der Waals surface area (Å²) in [6, 6.07) is 2.91. The lowest BCUT2D eigenvalue weighted by molar-refractivity contribution is -0.128. The molecule has 0 saturated carbocycles. The number of halogens is 2. The summed E-state index contributed by atoms with van der Waals surface area (Å²) in [5.74, 6) is -0.601. The average molecular weight is 318 g/mol. The summed E-state index contributed by atoms with van der Waals surface area (Å²) >= 11 is 11.8. The molecule has 0 unspecified atom stereocenters. The van der Waals surface area contributed by atoms with E-state index in [1.807, 2.05) is 0 Å². The molecule has 0 atom stereocenters. The fourth-order valence-corrected chi connectivity index (χ4v) is 2.01. The second-order valence-corrected chi connectivity index (χ2v) is 5.80. The van der Waals surface area contributed by atoms with E-state index >= 15 is 0 Å². The third kappa shape index (κ3) is 3.77. The van der Waals surface area contributed by atoms with Gasteiger partial charge in [-0.3, -0.25) is 9.59 Å². The number of carbonyl (C=O) groups is 2. The Morgan fingerprint density at radius 1 is 1.30 bits per heavy atom. The van der Waals surface area contributed by atoms with E-state index in [1.165, 1.54) is 12.1 Å². The molecule has 0 radical (unpaired) electrons. The molecule has 0 spiro atoms. The van der Waals surface area contributed by atoms with Gasteiger partial charge in [0, 0.05) is 19.3 Å². The van der Waals surface area contributed by atoms with Crippen LogP contribution in [0.1, 0.15) is 24.2 Å². The molecule has 0 saturated heterocycles. The lowest BCUT2D eigenvalue weighted by Crippen LogP contribution is -2.43. The predicted octanol–water partition coefficient (Wildman–Crippen LogP) is 2.08. The molecule has 2 amide bonds. The van der Waals surface area contributed by atoms with Crippen LogP contribution in [0.15, 0.2) is 12.1 Å². The van der Waals surface area contributed by atoms with E-state index in [1.54, 1.807) is 20.9 Å². The van der Waals surface area contributed by atoms with Gasteiger partial charge in [0.2, 0.25) is 5.91 Å². The summed E-state index contributed by atoms with van der Waals surface area (Å²) < 4.78 is 0. The van der Waals surface area contributed by atoms with Crippen molar-refractivity contribution in [3.05, 3.63) is 27.7 Å². The van der Waals surface area contributed by atoms with Crippen molar-refractivity contribution in [3.8, 4) is 0 Å². The smallest absolute Gasteiger partial charge is 0.252 e. The Labute approximate surface area is 127 Å². The molecule has 5 nitrogen and oxygen atoms in total. The molecule has 20 heavy (non-hydrogen) atoms. The van der Waals surface area contributed by atoms with Gasteiger partial charge in [0.05, 0.1) is 21.0 Å². The number of rotatable bonds is 4. The van der Waals surface area contributed by atoms with Crippen LogP contribution < -0.4 is 16.4 Å². The number of hydrogen-bond acceptors (Lipinski definition) is 3. The molecule has 0 fully saturated rings. The van der Waals surface area contributed by atoms with Crippen molar-refractivity contribution in [1.82, 2.24) is 10.6 Å². The van der Waals surface area contributed by atoms with Crippen LogP contribution in [0.3, 0.4) is 0 Å². The fraction of sp³-hybridized carbons (Fsp3) is 0.385. The Hall–Kier alpha value is -1.46. The van der Waals surface area contributed by atoms with Gasteiger partial charge in [-0.1, -0.05) is 23.2 Å². The third-order valence-electron chi connectivity index (χ3n) is 2.83. The lowest BCUT2D eigenvalue weighted by Gasteiger charge is -2.23. The second kappa shape index (κ2) is 6.33. The van der Waals surface area contributed by atoms with Crippen LogP contribution in [0.5, 0.6) is 0 Å². The monoisotopic (exact) mass is 317 g/mol.